The van der Waals surface area contributed by atoms with Crippen molar-refractivity contribution in [3.63, 3.8) is 0 Å². The largest absolute Gasteiger partial charge is 0.447 e. The van der Waals surface area contributed by atoms with E-state index in [1.54, 1.807) is 5.94 Å². The van der Waals surface area contributed by atoms with Crippen LogP contribution in [-0.4, -0.2) is 23.5 Å². The Bertz CT molecular complexity index is 409. The molecule has 0 aromatic heterocycles. The summed E-state index contributed by atoms with van der Waals surface area (Å²) in [7, 11) is 0. The molecule has 1 aliphatic rings. The predicted molar refractivity (Wildman–Crippen MR) is 52.6 cm³/mol. The molecule has 15 heavy (non-hydrogen) atoms. The summed E-state index contributed by atoms with van der Waals surface area (Å²) in [6.07, 6.45) is 0.569. The van der Waals surface area contributed by atoms with Gasteiger partial charge < -0.3 is 4.74 Å². The number of hydrogen-bond donors (Lipinski definition) is 0. The monoisotopic (exact) mass is 203 g/mol. The molecular formula is C11H9NO3. The summed E-state index contributed by atoms with van der Waals surface area (Å²) < 4.78 is 4.86. The SMILES string of the molecule is O=C=CN1C(=O)OC[C@H]1c1ccccc1. The Balaban J connectivity index is 2.30. The van der Waals surface area contributed by atoms with Gasteiger partial charge in [0.15, 0.2) is 0 Å². The van der Waals surface area contributed by atoms with Gasteiger partial charge >= 0.3 is 6.09 Å². The van der Waals surface area contributed by atoms with Crippen molar-refractivity contribution in [1.82, 2.24) is 4.90 Å². The fraction of sp³-hybridized carbons (Fsp3) is 0.182. The fourth-order valence-electron chi connectivity index (χ4n) is 1.56. The van der Waals surface area contributed by atoms with Crippen molar-refractivity contribution in [2.75, 3.05) is 6.61 Å². The molecule has 0 radical (unpaired) electrons. The van der Waals surface area contributed by atoms with Crippen LogP contribution < -0.4 is 0 Å². The molecule has 4 nitrogen and oxygen atoms in total. The lowest BCUT2D eigenvalue weighted by Gasteiger charge is -2.15. The first-order valence-corrected chi connectivity index (χ1v) is 4.54. The van der Waals surface area contributed by atoms with Gasteiger partial charge in [0.25, 0.3) is 0 Å². The lowest BCUT2D eigenvalue weighted by Crippen LogP contribution is -2.21. The number of cyclic esters (lactones) is 1. The van der Waals surface area contributed by atoms with Gasteiger partial charge in [0.2, 0.25) is 0 Å². The molecule has 1 atom stereocenters. The molecule has 1 aromatic carbocycles. The van der Waals surface area contributed by atoms with E-state index in [9.17, 15) is 9.59 Å². The Kier molecular flexibility index (Phi) is 2.52. The molecule has 0 bridgehead atoms. The van der Waals surface area contributed by atoms with Crippen LogP contribution in [0.1, 0.15) is 11.6 Å². The minimum Gasteiger partial charge on any atom is -0.447 e. The number of carbonyl (C=O) groups excluding carboxylic acids is 2. The molecular weight excluding hydrogens is 194 g/mol. The third-order valence-electron chi connectivity index (χ3n) is 2.29. The number of carbonyl (C=O) groups is 1. The summed E-state index contributed by atoms with van der Waals surface area (Å²) in [6, 6.07) is 9.19. The molecule has 1 heterocycles. The second-order valence-electron chi connectivity index (χ2n) is 3.16. The first-order chi connectivity index (χ1) is 7.33. The predicted octanol–water partition coefficient (Wildman–Crippen LogP) is 1.53. The van der Waals surface area contributed by atoms with E-state index in [2.05, 4.69) is 0 Å². The van der Waals surface area contributed by atoms with Gasteiger partial charge in [-0.3, -0.25) is 4.90 Å². The normalized spacial score (nSPS) is 19.6. The average molecular weight is 203 g/mol. The maximum Gasteiger partial charge on any atom is 0.415 e. The van der Waals surface area contributed by atoms with Crippen LogP contribution in [0.25, 0.3) is 0 Å². The zero-order valence-electron chi connectivity index (χ0n) is 7.92. The van der Waals surface area contributed by atoms with E-state index in [1.807, 2.05) is 30.3 Å². The molecule has 0 spiro atoms. The zero-order valence-corrected chi connectivity index (χ0v) is 7.92. The van der Waals surface area contributed by atoms with Gasteiger partial charge in [-0.2, -0.15) is 0 Å². The van der Waals surface area contributed by atoms with E-state index in [0.717, 1.165) is 11.8 Å². The molecule has 76 valence electrons. The Morgan fingerprint density at radius 2 is 2.13 bits per heavy atom. The molecule has 2 rings (SSSR count). The first-order valence-electron chi connectivity index (χ1n) is 4.54. The number of ether oxygens (including phenoxy) is 1. The van der Waals surface area contributed by atoms with Crippen LogP contribution in [0.2, 0.25) is 0 Å². The summed E-state index contributed by atoms with van der Waals surface area (Å²) in [5, 5.41) is 0. The second kappa shape index (κ2) is 3.98. The molecule has 0 aliphatic carbocycles. The fourth-order valence-corrected chi connectivity index (χ4v) is 1.56. The van der Waals surface area contributed by atoms with Gasteiger partial charge in [-0.05, 0) is 5.56 Å². The Morgan fingerprint density at radius 3 is 2.80 bits per heavy atom. The summed E-state index contributed by atoms with van der Waals surface area (Å²) in [5.41, 5.74) is 0.940. The minimum absolute atomic E-state index is 0.222. The highest BCUT2D eigenvalue weighted by atomic mass is 16.6. The van der Waals surface area contributed by atoms with Crippen LogP contribution >= 0.6 is 0 Å². The Hall–Kier alpha value is -2.06. The van der Waals surface area contributed by atoms with Crippen LogP contribution in [0.15, 0.2) is 36.5 Å². The van der Waals surface area contributed by atoms with Crippen molar-refractivity contribution in [2.24, 2.45) is 0 Å². The van der Waals surface area contributed by atoms with Crippen molar-refractivity contribution in [2.45, 2.75) is 6.04 Å². The number of rotatable bonds is 2. The van der Waals surface area contributed by atoms with Crippen LogP contribution in [0.5, 0.6) is 0 Å². The maximum absolute atomic E-state index is 11.2. The van der Waals surface area contributed by atoms with E-state index in [-0.39, 0.29) is 12.6 Å². The number of hydrogen-bond acceptors (Lipinski definition) is 3. The number of benzene rings is 1. The van der Waals surface area contributed by atoms with Crippen LogP contribution in [0, 0.1) is 0 Å². The summed E-state index contributed by atoms with van der Waals surface area (Å²) in [5.74, 6) is 1.59. The van der Waals surface area contributed by atoms with Crippen LogP contribution in [0.3, 0.4) is 0 Å². The standard InChI is InChI=1S/C11H9NO3/c13-7-6-12-10(8-15-11(12)14)9-4-2-1-3-5-9/h1-6,10H,8H2/t10-/m0/s1. The van der Waals surface area contributed by atoms with Gasteiger partial charge in [0.1, 0.15) is 12.5 Å². The van der Waals surface area contributed by atoms with Crippen molar-refractivity contribution in [3.8, 4) is 0 Å². The van der Waals surface area contributed by atoms with Crippen molar-refractivity contribution >= 4 is 12.0 Å². The van der Waals surface area contributed by atoms with Crippen molar-refractivity contribution in [1.29, 1.82) is 0 Å². The number of nitrogens with zero attached hydrogens (tertiary/aromatic N) is 1. The van der Waals surface area contributed by atoms with E-state index < -0.39 is 6.09 Å². The summed E-state index contributed by atoms with van der Waals surface area (Å²) in [6.45, 7) is 0.265. The minimum atomic E-state index is -0.507. The molecule has 1 aromatic rings. The molecule has 1 fully saturated rings. The van der Waals surface area contributed by atoms with Crippen molar-refractivity contribution in [3.05, 3.63) is 42.1 Å². The van der Waals surface area contributed by atoms with Crippen LogP contribution in [-0.2, 0) is 9.53 Å². The molecule has 0 N–H and O–H groups in total. The zero-order chi connectivity index (χ0) is 10.7. The van der Waals surface area contributed by atoms with Gasteiger partial charge in [0.05, 0.1) is 12.2 Å². The highest BCUT2D eigenvalue weighted by Gasteiger charge is 2.32. The first kappa shape index (κ1) is 9.49. The van der Waals surface area contributed by atoms with Gasteiger partial charge in [-0.15, -0.1) is 0 Å². The Morgan fingerprint density at radius 1 is 1.40 bits per heavy atom. The maximum atomic E-state index is 11.2. The summed E-state index contributed by atoms with van der Waals surface area (Å²) >= 11 is 0. The Labute approximate surface area is 86.8 Å². The highest BCUT2D eigenvalue weighted by Crippen LogP contribution is 2.26. The van der Waals surface area contributed by atoms with Crippen molar-refractivity contribution < 1.29 is 14.3 Å². The topological polar surface area (TPSA) is 46.6 Å². The quantitative estimate of drug-likeness (QED) is 0.685. The molecule has 1 aliphatic heterocycles. The summed E-state index contributed by atoms with van der Waals surface area (Å²) in [4.78, 5) is 22.7. The molecule has 1 saturated heterocycles. The van der Waals surface area contributed by atoms with E-state index >= 15 is 0 Å². The van der Waals surface area contributed by atoms with Gasteiger partial charge in [-0.1, -0.05) is 30.3 Å². The molecule has 0 saturated carbocycles. The third-order valence-corrected chi connectivity index (χ3v) is 2.29. The molecule has 0 unspecified atom stereocenters. The van der Waals surface area contributed by atoms with Gasteiger partial charge in [-0.25, -0.2) is 9.59 Å². The van der Waals surface area contributed by atoms with E-state index in [0.29, 0.717) is 0 Å². The van der Waals surface area contributed by atoms with Crippen LogP contribution in [0.4, 0.5) is 4.79 Å². The highest BCUT2D eigenvalue weighted by molar-refractivity contribution is 5.73. The third kappa shape index (κ3) is 1.75. The lowest BCUT2D eigenvalue weighted by molar-refractivity contribution is 0.166. The smallest absolute Gasteiger partial charge is 0.415 e. The number of amides is 1. The lowest BCUT2D eigenvalue weighted by atomic mass is 10.1. The van der Waals surface area contributed by atoms with E-state index in [4.69, 9.17) is 4.74 Å². The van der Waals surface area contributed by atoms with Gasteiger partial charge in [0, 0.05) is 0 Å². The van der Waals surface area contributed by atoms with E-state index in [1.165, 1.54) is 4.90 Å². The molecule has 1 amide bonds. The molecule has 4 heteroatoms. The second-order valence-corrected chi connectivity index (χ2v) is 3.16. The average Bonchev–Trinajstić information content (AvgIpc) is 2.63.